The fraction of sp³-hybridized carbons (Fsp3) is 0.231. The summed E-state index contributed by atoms with van der Waals surface area (Å²) in [4.78, 5) is 12.8. The quantitative estimate of drug-likeness (QED) is 0.665. The standard InChI is InChI=1S/C13H15N3OS/c1-10(12-6-4-8-18-12)14-15-13(17)9-11-5-3-7-16(11)2/h3-8H,9H2,1-2H3,(H,15,17)/b14-10+. The highest BCUT2D eigenvalue weighted by molar-refractivity contribution is 7.12. The van der Waals surface area contributed by atoms with Crippen LogP contribution in [0.1, 0.15) is 17.5 Å². The third-order valence-electron chi connectivity index (χ3n) is 2.62. The van der Waals surface area contributed by atoms with Crippen molar-refractivity contribution in [3.8, 4) is 0 Å². The minimum atomic E-state index is -0.104. The van der Waals surface area contributed by atoms with Crippen LogP contribution in [-0.2, 0) is 18.3 Å². The third-order valence-corrected chi connectivity index (χ3v) is 3.60. The first kappa shape index (κ1) is 12.6. The normalized spacial score (nSPS) is 11.6. The van der Waals surface area contributed by atoms with E-state index in [1.54, 1.807) is 11.3 Å². The van der Waals surface area contributed by atoms with Gasteiger partial charge < -0.3 is 4.57 Å². The monoisotopic (exact) mass is 261 g/mol. The molecule has 0 fully saturated rings. The zero-order valence-corrected chi connectivity index (χ0v) is 11.2. The van der Waals surface area contributed by atoms with Gasteiger partial charge in [0.05, 0.1) is 12.1 Å². The molecule has 2 rings (SSSR count). The van der Waals surface area contributed by atoms with E-state index in [-0.39, 0.29) is 5.91 Å². The number of aromatic nitrogens is 1. The average molecular weight is 261 g/mol. The SMILES string of the molecule is C/C(=N\NC(=O)Cc1cccn1C)c1cccs1. The molecule has 0 saturated heterocycles. The number of hydrogen-bond acceptors (Lipinski definition) is 3. The maximum Gasteiger partial charge on any atom is 0.246 e. The number of carbonyl (C=O) groups is 1. The Kier molecular flexibility index (Phi) is 3.94. The van der Waals surface area contributed by atoms with E-state index in [0.717, 1.165) is 16.3 Å². The van der Waals surface area contributed by atoms with Crippen LogP contribution < -0.4 is 5.43 Å². The number of aryl methyl sites for hydroxylation is 1. The summed E-state index contributed by atoms with van der Waals surface area (Å²) in [6.07, 6.45) is 2.26. The van der Waals surface area contributed by atoms with Crippen molar-refractivity contribution in [3.63, 3.8) is 0 Å². The van der Waals surface area contributed by atoms with Gasteiger partial charge >= 0.3 is 0 Å². The lowest BCUT2D eigenvalue weighted by atomic mass is 10.3. The molecule has 0 aliphatic rings. The van der Waals surface area contributed by atoms with E-state index >= 15 is 0 Å². The molecule has 0 aliphatic carbocycles. The van der Waals surface area contributed by atoms with Gasteiger partial charge in [0.2, 0.25) is 5.91 Å². The number of carbonyl (C=O) groups excluding carboxylic acids is 1. The molecule has 2 aromatic rings. The highest BCUT2D eigenvalue weighted by Gasteiger charge is 2.05. The zero-order valence-electron chi connectivity index (χ0n) is 10.4. The van der Waals surface area contributed by atoms with Gasteiger partial charge in [0, 0.05) is 23.8 Å². The molecule has 2 heterocycles. The number of amides is 1. The Bertz CT molecular complexity index is 555. The minimum absolute atomic E-state index is 0.104. The topological polar surface area (TPSA) is 46.4 Å². The van der Waals surface area contributed by atoms with E-state index in [1.807, 2.05) is 54.4 Å². The van der Waals surface area contributed by atoms with Gasteiger partial charge in [-0.2, -0.15) is 5.10 Å². The van der Waals surface area contributed by atoms with E-state index < -0.39 is 0 Å². The van der Waals surface area contributed by atoms with Crippen LogP contribution in [0.4, 0.5) is 0 Å². The van der Waals surface area contributed by atoms with Crippen molar-refractivity contribution in [1.29, 1.82) is 0 Å². The zero-order chi connectivity index (χ0) is 13.0. The molecule has 1 N–H and O–H groups in total. The van der Waals surface area contributed by atoms with E-state index in [0.29, 0.717) is 6.42 Å². The van der Waals surface area contributed by atoms with Crippen molar-refractivity contribution < 1.29 is 4.79 Å². The first-order valence-electron chi connectivity index (χ1n) is 5.64. The van der Waals surface area contributed by atoms with Crippen LogP contribution in [-0.4, -0.2) is 16.2 Å². The molecule has 0 aliphatic heterocycles. The lowest BCUT2D eigenvalue weighted by molar-refractivity contribution is -0.120. The Balaban J connectivity index is 1.93. The van der Waals surface area contributed by atoms with Crippen LogP contribution in [0.3, 0.4) is 0 Å². The third kappa shape index (κ3) is 3.07. The Morgan fingerprint density at radius 3 is 2.89 bits per heavy atom. The second kappa shape index (κ2) is 5.64. The van der Waals surface area contributed by atoms with Crippen LogP contribution in [0.25, 0.3) is 0 Å². The molecule has 2 aromatic heterocycles. The van der Waals surface area contributed by atoms with Crippen molar-refractivity contribution >= 4 is 23.0 Å². The van der Waals surface area contributed by atoms with Gasteiger partial charge in [0.1, 0.15) is 0 Å². The van der Waals surface area contributed by atoms with Crippen LogP contribution in [0.2, 0.25) is 0 Å². The predicted molar refractivity (Wildman–Crippen MR) is 73.8 cm³/mol. The van der Waals surface area contributed by atoms with Crippen LogP contribution in [0.5, 0.6) is 0 Å². The van der Waals surface area contributed by atoms with Gasteiger partial charge in [0.15, 0.2) is 0 Å². The summed E-state index contributed by atoms with van der Waals surface area (Å²) in [5.41, 5.74) is 4.37. The smallest absolute Gasteiger partial charge is 0.246 e. The number of rotatable bonds is 4. The molecular weight excluding hydrogens is 246 g/mol. The molecule has 1 amide bonds. The summed E-state index contributed by atoms with van der Waals surface area (Å²) in [5, 5.41) is 6.08. The first-order valence-corrected chi connectivity index (χ1v) is 6.52. The van der Waals surface area contributed by atoms with Gasteiger partial charge in [0.25, 0.3) is 0 Å². The number of hydrogen-bond donors (Lipinski definition) is 1. The van der Waals surface area contributed by atoms with Gasteiger partial charge in [-0.3, -0.25) is 4.79 Å². The Morgan fingerprint density at radius 2 is 2.28 bits per heavy atom. The highest BCUT2D eigenvalue weighted by Crippen LogP contribution is 2.09. The van der Waals surface area contributed by atoms with Crippen molar-refractivity contribution in [2.45, 2.75) is 13.3 Å². The molecule has 0 radical (unpaired) electrons. The number of hydrazone groups is 1. The average Bonchev–Trinajstić information content (AvgIpc) is 2.99. The molecule has 94 valence electrons. The van der Waals surface area contributed by atoms with Crippen LogP contribution >= 0.6 is 11.3 Å². The van der Waals surface area contributed by atoms with Crippen molar-refractivity contribution in [1.82, 2.24) is 9.99 Å². The number of thiophene rings is 1. The van der Waals surface area contributed by atoms with Gasteiger partial charge in [-0.1, -0.05) is 6.07 Å². The summed E-state index contributed by atoms with van der Waals surface area (Å²) in [7, 11) is 1.92. The molecule has 0 aromatic carbocycles. The van der Waals surface area contributed by atoms with Gasteiger partial charge in [-0.15, -0.1) is 11.3 Å². The van der Waals surface area contributed by atoms with Crippen LogP contribution in [0.15, 0.2) is 40.9 Å². The maximum absolute atomic E-state index is 11.7. The molecule has 18 heavy (non-hydrogen) atoms. The molecule has 0 saturated carbocycles. The second-order valence-corrected chi connectivity index (χ2v) is 4.94. The predicted octanol–water partition coefficient (Wildman–Crippen LogP) is 2.17. The van der Waals surface area contributed by atoms with Crippen molar-refractivity contribution in [2.24, 2.45) is 12.1 Å². The number of nitrogens with one attached hydrogen (secondary N) is 1. The largest absolute Gasteiger partial charge is 0.354 e. The summed E-state index contributed by atoms with van der Waals surface area (Å²) in [5.74, 6) is -0.104. The summed E-state index contributed by atoms with van der Waals surface area (Å²) in [6.45, 7) is 1.88. The Labute approximate surface area is 110 Å². The summed E-state index contributed by atoms with van der Waals surface area (Å²) >= 11 is 1.60. The van der Waals surface area contributed by atoms with Gasteiger partial charge in [-0.05, 0) is 30.5 Å². The molecule has 0 spiro atoms. The molecule has 0 unspecified atom stereocenters. The number of nitrogens with zero attached hydrogens (tertiary/aromatic N) is 2. The van der Waals surface area contributed by atoms with E-state index in [1.165, 1.54) is 0 Å². The molecule has 0 bridgehead atoms. The highest BCUT2D eigenvalue weighted by atomic mass is 32.1. The fourth-order valence-electron chi connectivity index (χ4n) is 1.57. The molecule has 5 heteroatoms. The maximum atomic E-state index is 11.7. The molecular formula is C13H15N3OS. The Hall–Kier alpha value is -1.88. The summed E-state index contributed by atoms with van der Waals surface area (Å²) < 4.78 is 1.93. The van der Waals surface area contributed by atoms with Crippen molar-refractivity contribution in [3.05, 3.63) is 46.4 Å². The minimum Gasteiger partial charge on any atom is -0.354 e. The second-order valence-electron chi connectivity index (χ2n) is 4.00. The fourth-order valence-corrected chi connectivity index (χ4v) is 2.25. The van der Waals surface area contributed by atoms with Crippen LogP contribution in [0, 0.1) is 0 Å². The lowest BCUT2D eigenvalue weighted by Crippen LogP contribution is -2.22. The van der Waals surface area contributed by atoms with E-state index in [9.17, 15) is 4.79 Å². The van der Waals surface area contributed by atoms with E-state index in [2.05, 4.69) is 10.5 Å². The van der Waals surface area contributed by atoms with Crippen molar-refractivity contribution in [2.75, 3.05) is 0 Å². The Morgan fingerprint density at radius 1 is 1.44 bits per heavy atom. The molecule has 4 nitrogen and oxygen atoms in total. The lowest BCUT2D eigenvalue weighted by Gasteiger charge is -2.03. The molecule has 0 atom stereocenters. The summed E-state index contributed by atoms with van der Waals surface area (Å²) in [6, 6.07) is 7.79. The van der Waals surface area contributed by atoms with Gasteiger partial charge in [-0.25, -0.2) is 5.43 Å². The first-order chi connectivity index (χ1) is 8.66. The van der Waals surface area contributed by atoms with E-state index in [4.69, 9.17) is 0 Å².